The van der Waals surface area contributed by atoms with Crippen molar-refractivity contribution in [2.75, 3.05) is 0 Å². The molecular formula is C28H28ClF3O12S. The van der Waals surface area contributed by atoms with Gasteiger partial charge in [-0.1, -0.05) is 35.9 Å². The Morgan fingerprint density at radius 1 is 0.956 bits per heavy atom. The minimum atomic E-state index is -5.92. The van der Waals surface area contributed by atoms with E-state index >= 15 is 0 Å². The zero-order valence-electron chi connectivity index (χ0n) is 24.0. The van der Waals surface area contributed by atoms with Crippen molar-refractivity contribution in [3.8, 4) is 5.75 Å². The first-order valence-corrected chi connectivity index (χ1v) is 14.7. The smallest absolute Gasteiger partial charge is 0.386 e. The number of ketones is 4. The van der Waals surface area contributed by atoms with E-state index in [1.165, 1.54) is 30.3 Å². The van der Waals surface area contributed by atoms with Gasteiger partial charge in [-0.25, -0.2) is 0 Å². The van der Waals surface area contributed by atoms with Gasteiger partial charge in [-0.2, -0.15) is 21.6 Å². The number of hydrogen-bond acceptors (Lipinski definition) is 12. The van der Waals surface area contributed by atoms with Gasteiger partial charge in [-0.15, -0.1) is 0 Å². The molecule has 45 heavy (non-hydrogen) atoms. The Morgan fingerprint density at radius 3 is 1.93 bits per heavy atom. The lowest BCUT2D eigenvalue weighted by molar-refractivity contribution is -0.315. The van der Waals surface area contributed by atoms with E-state index in [2.05, 4.69) is 4.18 Å². The maximum Gasteiger partial charge on any atom is 0.534 e. The molecule has 12 nitrogen and oxygen atoms in total. The highest BCUT2D eigenvalue weighted by atomic mass is 35.5. The molecule has 1 aliphatic heterocycles. The predicted octanol–water partition coefficient (Wildman–Crippen LogP) is 1.51. The molecule has 4 N–H and O–H groups in total. The third-order valence-corrected chi connectivity index (χ3v) is 8.91. The molecule has 1 heterocycles. The van der Waals surface area contributed by atoms with Crippen molar-refractivity contribution < 1.29 is 70.1 Å². The van der Waals surface area contributed by atoms with E-state index in [9.17, 15) is 61.2 Å². The van der Waals surface area contributed by atoms with E-state index in [0.29, 0.717) is 19.4 Å². The van der Waals surface area contributed by atoms with Crippen LogP contribution in [-0.2, 0) is 40.5 Å². The Bertz CT molecular complexity index is 1640. The molecule has 1 aliphatic rings. The highest BCUT2D eigenvalue weighted by Gasteiger charge is 2.79. The first kappa shape index (κ1) is 36.2. The van der Waals surface area contributed by atoms with Crippen LogP contribution in [-0.4, -0.2) is 86.5 Å². The normalized spacial score (nSPS) is 27.8. The van der Waals surface area contributed by atoms with Gasteiger partial charge < -0.3 is 29.3 Å². The summed E-state index contributed by atoms with van der Waals surface area (Å²) in [5.41, 5.74) is -15.9. The molecular weight excluding hydrogens is 653 g/mol. The van der Waals surface area contributed by atoms with Crippen LogP contribution in [0.3, 0.4) is 0 Å². The van der Waals surface area contributed by atoms with Gasteiger partial charge >= 0.3 is 15.6 Å². The molecule has 0 bridgehead atoms. The largest absolute Gasteiger partial charge is 0.534 e. The molecule has 1 fully saturated rings. The van der Waals surface area contributed by atoms with Crippen molar-refractivity contribution in [1.29, 1.82) is 0 Å². The number of ether oxygens (including phenoxy) is 1. The van der Waals surface area contributed by atoms with E-state index < -0.39 is 79.6 Å². The van der Waals surface area contributed by atoms with Gasteiger partial charge in [0.1, 0.15) is 18.0 Å². The molecule has 1 unspecified atom stereocenters. The summed E-state index contributed by atoms with van der Waals surface area (Å²) in [6.45, 7) is 3.03. The number of benzene rings is 2. The van der Waals surface area contributed by atoms with E-state index in [1.54, 1.807) is 0 Å². The van der Waals surface area contributed by atoms with Crippen molar-refractivity contribution in [2.24, 2.45) is 0 Å². The molecule has 0 spiro atoms. The fraction of sp³-hybridized carbons (Fsp3) is 0.429. The number of carbonyl (C=O) groups excluding carboxylic acids is 4. The Balaban J connectivity index is 2.15. The zero-order valence-corrected chi connectivity index (χ0v) is 25.5. The van der Waals surface area contributed by atoms with E-state index in [-0.39, 0.29) is 22.6 Å². The lowest BCUT2D eigenvalue weighted by Gasteiger charge is -2.57. The number of aliphatic hydroxyl groups excluding tert-OH is 1. The molecule has 17 heteroatoms. The predicted molar refractivity (Wildman–Crippen MR) is 147 cm³/mol. The third kappa shape index (κ3) is 5.91. The average molecular weight is 681 g/mol. The van der Waals surface area contributed by atoms with Gasteiger partial charge in [0.25, 0.3) is 0 Å². The van der Waals surface area contributed by atoms with Gasteiger partial charge in [-0.05, 0) is 69.0 Å². The minimum absolute atomic E-state index is 0.0552. The van der Waals surface area contributed by atoms with Crippen LogP contribution in [0.1, 0.15) is 50.5 Å². The molecule has 246 valence electrons. The van der Waals surface area contributed by atoms with Crippen molar-refractivity contribution in [2.45, 2.75) is 74.7 Å². The lowest BCUT2D eigenvalue weighted by Crippen LogP contribution is -2.85. The fourth-order valence-corrected chi connectivity index (χ4v) is 5.82. The summed E-state index contributed by atoms with van der Waals surface area (Å²) in [5, 5.41) is 45.0. The average Bonchev–Trinajstić information content (AvgIpc) is 2.92. The Morgan fingerprint density at radius 2 is 1.49 bits per heavy atom. The monoisotopic (exact) mass is 680 g/mol. The topological polar surface area (TPSA) is 202 Å². The van der Waals surface area contributed by atoms with Gasteiger partial charge in [-0.3, -0.25) is 19.2 Å². The van der Waals surface area contributed by atoms with Crippen molar-refractivity contribution in [1.82, 2.24) is 0 Å². The highest BCUT2D eigenvalue weighted by molar-refractivity contribution is 7.88. The lowest BCUT2D eigenvalue weighted by atomic mass is 9.58. The van der Waals surface area contributed by atoms with Crippen molar-refractivity contribution in [3.05, 3.63) is 64.2 Å². The number of Topliss-reactive ketones (excluding diaryl/α,β-unsaturated/α-hetero) is 4. The van der Waals surface area contributed by atoms with Crippen LogP contribution in [0, 0.1) is 0 Å². The molecule has 0 radical (unpaired) electrons. The maximum atomic E-state index is 13.0. The van der Waals surface area contributed by atoms with E-state index in [1.807, 2.05) is 0 Å². The van der Waals surface area contributed by atoms with Crippen LogP contribution in [0.2, 0.25) is 5.02 Å². The minimum Gasteiger partial charge on any atom is -0.386 e. The summed E-state index contributed by atoms with van der Waals surface area (Å²) in [5.74, 6) is -6.29. The Hall–Kier alpha value is -3.25. The van der Waals surface area contributed by atoms with Crippen LogP contribution >= 0.6 is 11.6 Å². The maximum absolute atomic E-state index is 13.0. The number of aliphatic hydroxyl groups is 4. The Labute approximate surface area is 259 Å². The third-order valence-electron chi connectivity index (χ3n) is 7.57. The van der Waals surface area contributed by atoms with Crippen LogP contribution in [0.15, 0.2) is 42.5 Å². The number of halogens is 4. The summed E-state index contributed by atoms with van der Waals surface area (Å²) < 4.78 is 70.2. The molecule has 6 atom stereocenters. The second kappa shape index (κ2) is 12.2. The summed E-state index contributed by atoms with van der Waals surface area (Å²) in [6.07, 6.45) is -6.63. The molecule has 2 aromatic carbocycles. The molecule has 3 rings (SSSR count). The molecule has 0 aliphatic carbocycles. The van der Waals surface area contributed by atoms with E-state index in [0.717, 1.165) is 26.0 Å². The quantitative estimate of drug-likeness (QED) is 0.208. The molecule has 1 saturated heterocycles. The zero-order chi connectivity index (χ0) is 34.5. The standard InChI is InChI=1S/C28H28ClF3O12S/c1-13(33)22(37)24-26(39,15(3)35)27(40,16(4)36)25(38,14(2)34)23(43-24)18-7-10-21(29)19(12-18)11-17-5-8-20(9-6-17)44-45(41,42)28(30,31)32/h5-10,12-13,23-24,33,38-40H,11H2,1-4H3/t13?,23-,24+,25-,26+,27+/m0/s1. The first-order chi connectivity index (χ1) is 20.5. The summed E-state index contributed by atoms with van der Waals surface area (Å²) in [6, 6.07) is 7.97. The van der Waals surface area contributed by atoms with Crippen LogP contribution in [0.4, 0.5) is 13.2 Å². The van der Waals surface area contributed by atoms with Crippen LogP contribution in [0.25, 0.3) is 0 Å². The Kier molecular flexibility index (Phi) is 9.79. The number of alkyl halides is 3. The summed E-state index contributed by atoms with van der Waals surface area (Å²) >= 11 is 6.33. The van der Waals surface area contributed by atoms with Gasteiger partial charge in [0, 0.05) is 5.02 Å². The van der Waals surface area contributed by atoms with Crippen LogP contribution in [0.5, 0.6) is 5.75 Å². The summed E-state index contributed by atoms with van der Waals surface area (Å²) in [4.78, 5) is 51.8. The van der Waals surface area contributed by atoms with Gasteiger partial charge in [0.15, 0.2) is 40.4 Å². The van der Waals surface area contributed by atoms with E-state index in [4.69, 9.17) is 16.3 Å². The van der Waals surface area contributed by atoms with Crippen molar-refractivity contribution in [3.63, 3.8) is 0 Å². The molecule has 0 amide bonds. The van der Waals surface area contributed by atoms with Gasteiger partial charge in [0.2, 0.25) is 5.60 Å². The van der Waals surface area contributed by atoms with Crippen LogP contribution < -0.4 is 4.18 Å². The number of hydrogen-bond donors (Lipinski definition) is 4. The van der Waals surface area contributed by atoms with Gasteiger partial charge in [0.05, 0.1) is 0 Å². The number of rotatable bonds is 10. The summed E-state index contributed by atoms with van der Waals surface area (Å²) in [7, 11) is -5.92. The molecule has 2 aromatic rings. The second-order valence-corrected chi connectivity index (χ2v) is 12.5. The molecule has 0 saturated carbocycles. The SMILES string of the molecule is CC(=O)[C@]1(O)[C@@](O)(C(C)=O)[C@@H](C(=O)C(C)O)O[C@@H](c2ccc(Cl)c(Cc3ccc(OS(=O)(=O)C(F)(F)F)cc3)c2)[C@@]1(O)C(C)=O. The van der Waals surface area contributed by atoms with Crippen molar-refractivity contribution >= 4 is 44.9 Å². The number of carbonyl (C=O) groups is 4. The molecule has 0 aromatic heterocycles. The first-order valence-electron chi connectivity index (χ1n) is 12.9. The second-order valence-electron chi connectivity index (χ2n) is 10.5. The fourth-order valence-electron chi connectivity index (χ4n) is 5.18. The highest BCUT2D eigenvalue weighted by Crippen LogP contribution is 2.52.